The van der Waals surface area contributed by atoms with Gasteiger partial charge in [0.05, 0.1) is 19.3 Å². The minimum absolute atomic E-state index is 0.131. The number of carbonyl (C=O) groups is 2. The summed E-state index contributed by atoms with van der Waals surface area (Å²) in [6, 6.07) is 6.69. The largest absolute Gasteiger partial charge is 0.481 e. The first-order chi connectivity index (χ1) is 9.56. The second-order valence-electron chi connectivity index (χ2n) is 4.55. The number of halogens is 1. The first-order valence-corrected chi connectivity index (χ1v) is 6.95. The van der Waals surface area contributed by atoms with Crippen molar-refractivity contribution in [2.75, 3.05) is 13.2 Å². The van der Waals surface area contributed by atoms with E-state index in [1.165, 1.54) is 0 Å². The number of carboxylic acid groups (broad SMARTS) is 1. The van der Waals surface area contributed by atoms with Crippen LogP contribution >= 0.6 is 15.9 Å². The topological polar surface area (TPSA) is 87.7 Å². The van der Waals surface area contributed by atoms with E-state index < -0.39 is 24.0 Å². The highest BCUT2D eigenvalue weighted by Crippen LogP contribution is 2.14. The predicted octanol–water partition coefficient (Wildman–Crippen LogP) is 1.35. The minimum Gasteiger partial charge on any atom is -0.481 e. The van der Waals surface area contributed by atoms with Crippen LogP contribution in [0.3, 0.4) is 0 Å². The molecular formula is C13H15BrN2O4. The smallest absolute Gasteiger partial charge is 0.315 e. The summed E-state index contributed by atoms with van der Waals surface area (Å²) in [6.45, 7) is 0.726. The second-order valence-corrected chi connectivity index (χ2v) is 5.46. The maximum Gasteiger partial charge on any atom is 0.315 e. The summed E-state index contributed by atoms with van der Waals surface area (Å²) in [4.78, 5) is 22.7. The van der Waals surface area contributed by atoms with Gasteiger partial charge < -0.3 is 20.5 Å². The van der Waals surface area contributed by atoms with Crippen molar-refractivity contribution in [2.45, 2.75) is 12.6 Å². The molecule has 7 heteroatoms. The van der Waals surface area contributed by atoms with Gasteiger partial charge in [0.1, 0.15) is 5.92 Å². The SMILES string of the molecule is O=C(NCc1cccc(Br)c1)NC1COCC1C(=O)O. The van der Waals surface area contributed by atoms with E-state index in [0.717, 1.165) is 10.0 Å². The zero-order chi connectivity index (χ0) is 14.5. The fraction of sp³-hybridized carbons (Fsp3) is 0.385. The van der Waals surface area contributed by atoms with Crippen molar-refractivity contribution in [2.24, 2.45) is 5.92 Å². The molecular weight excluding hydrogens is 328 g/mol. The van der Waals surface area contributed by atoms with Gasteiger partial charge in [0.25, 0.3) is 0 Å². The van der Waals surface area contributed by atoms with Gasteiger partial charge in [0, 0.05) is 11.0 Å². The van der Waals surface area contributed by atoms with E-state index in [-0.39, 0.29) is 13.2 Å². The molecule has 3 N–H and O–H groups in total. The number of aliphatic carboxylic acids is 1. The van der Waals surface area contributed by atoms with Crippen molar-refractivity contribution in [3.63, 3.8) is 0 Å². The van der Waals surface area contributed by atoms with Crippen molar-refractivity contribution in [1.29, 1.82) is 0 Å². The number of ether oxygens (including phenoxy) is 1. The lowest BCUT2D eigenvalue weighted by atomic mass is 10.0. The van der Waals surface area contributed by atoms with Gasteiger partial charge in [-0.05, 0) is 17.7 Å². The van der Waals surface area contributed by atoms with E-state index in [1.807, 2.05) is 24.3 Å². The first kappa shape index (κ1) is 14.8. The van der Waals surface area contributed by atoms with Crippen molar-refractivity contribution in [3.8, 4) is 0 Å². The van der Waals surface area contributed by atoms with Gasteiger partial charge in [-0.15, -0.1) is 0 Å². The van der Waals surface area contributed by atoms with Crippen LogP contribution in [0.1, 0.15) is 5.56 Å². The van der Waals surface area contributed by atoms with Gasteiger partial charge in [-0.1, -0.05) is 28.1 Å². The summed E-state index contributed by atoms with van der Waals surface area (Å²) in [6.07, 6.45) is 0. The Morgan fingerprint density at radius 1 is 1.40 bits per heavy atom. The Labute approximate surface area is 124 Å². The number of carbonyl (C=O) groups excluding carboxylic acids is 1. The molecule has 2 amide bonds. The van der Waals surface area contributed by atoms with Gasteiger partial charge in [-0.3, -0.25) is 4.79 Å². The lowest BCUT2D eigenvalue weighted by molar-refractivity contribution is -0.142. The van der Waals surface area contributed by atoms with Crippen LogP contribution in [0, 0.1) is 5.92 Å². The molecule has 20 heavy (non-hydrogen) atoms. The number of hydrogen-bond donors (Lipinski definition) is 3. The number of nitrogens with one attached hydrogen (secondary N) is 2. The first-order valence-electron chi connectivity index (χ1n) is 6.15. The Morgan fingerprint density at radius 2 is 2.20 bits per heavy atom. The summed E-state index contributed by atoms with van der Waals surface area (Å²) < 4.78 is 6.02. The average Bonchev–Trinajstić information content (AvgIpc) is 2.85. The fourth-order valence-electron chi connectivity index (χ4n) is 1.99. The molecule has 1 saturated heterocycles. The minimum atomic E-state index is -0.959. The highest BCUT2D eigenvalue weighted by atomic mass is 79.9. The van der Waals surface area contributed by atoms with E-state index in [4.69, 9.17) is 9.84 Å². The molecule has 1 aliphatic heterocycles. The van der Waals surface area contributed by atoms with Crippen LogP contribution in [0.2, 0.25) is 0 Å². The second kappa shape index (κ2) is 6.71. The van der Waals surface area contributed by atoms with Gasteiger partial charge in [0.15, 0.2) is 0 Å². The van der Waals surface area contributed by atoms with Gasteiger partial charge >= 0.3 is 12.0 Å². The van der Waals surface area contributed by atoms with Gasteiger partial charge in [-0.25, -0.2) is 4.79 Å². The number of amides is 2. The molecule has 0 aromatic heterocycles. The lowest BCUT2D eigenvalue weighted by Crippen LogP contribution is -2.47. The Hall–Kier alpha value is -1.60. The lowest BCUT2D eigenvalue weighted by Gasteiger charge is -2.16. The third kappa shape index (κ3) is 3.94. The normalized spacial score (nSPS) is 21.4. The van der Waals surface area contributed by atoms with Gasteiger partial charge in [0.2, 0.25) is 0 Å². The summed E-state index contributed by atoms with van der Waals surface area (Å²) >= 11 is 3.35. The molecule has 0 bridgehead atoms. The third-order valence-electron chi connectivity index (χ3n) is 3.06. The van der Waals surface area contributed by atoms with Crippen LogP contribution in [-0.4, -0.2) is 36.4 Å². The number of urea groups is 1. The third-order valence-corrected chi connectivity index (χ3v) is 3.55. The van der Waals surface area contributed by atoms with E-state index in [1.54, 1.807) is 0 Å². The Bertz CT molecular complexity index is 509. The molecule has 1 aromatic rings. The fourth-order valence-corrected chi connectivity index (χ4v) is 2.44. The van der Waals surface area contributed by atoms with Crippen LogP contribution in [-0.2, 0) is 16.1 Å². The molecule has 2 rings (SSSR count). The van der Waals surface area contributed by atoms with Crippen LogP contribution in [0.5, 0.6) is 0 Å². The molecule has 2 atom stereocenters. The molecule has 1 fully saturated rings. The van der Waals surface area contributed by atoms with E-state index >= 15 is 0 Å². The standard InChI is InChI=1S/C13H15BrN2O4/c14-9-3-1-2-8(4-9)5-15-13(19)16-11-7-20-6-10(11)12(17)18/h1-4,10-11H,5-7H2,(H,17,18)(H2,15,16,19). The molecule has 2 unspecified atom stereocenters. The van der Waals surface area contributed by atoms with E-state index in [9.17, 15) is 9.59 Å². The maximum absolute atomic E-state index is 11.7. The summed E-state index contributed by atoms with van der Waals surface area (Å²) in [5, 5.41) is 14.3. The highest BCUT2D eigenvalue weighted by Gasteiger charge is 2.34. The molecule has 1 heterocycles. The summed E-state index contributed by atoms with van der Waals surface area (Å²) in [7, 11) is 0. The van der Waals surface area contributed by atoms with Crippen LogP contribution < -0.4 is 10.6 Å². The molecule has 108 valence electrons. The van der Waals surface area contributed by atoms with Crippen molar-refractivity contribution in [3.05, 3.63) is 34.3 Å². The average molecular weight is 343 g/mol. The maximum atomic E-state index is 11.7. The quantitative estimate of drug-likeness (QED) is 0.770. The Balaban J connectivity index is 1.82. The number of hydrogen-bond acceptors (Lipinski definition) is 3. The van der Waals surface area contributed by atoms with Crippen LogP contribution in [0.4, 0.5) is 4.79 Å². The van der Waals surface area contributed by atoms with E-state index in [0.29, 0.717) is 6.54 Å². The predicted molar refractivity (Wildman–Crippen MR) is 75.2 cm³/mol. The molecule has 1 aromatic carbocycles. The van der Waals surface area contributed by atoms with Gasteiger partial charge in [-0.2, -0.15) is 0 Å². The molecule has 6 nitrogen and oxygen atoms in total. The molecule has 1 aliphatic rings. The monoisotopic (exact) mass is 342 g/mol. The van der Waals surface area contributed by atoms with Crippen molar-refractivity contribution >= 4 is 27.9 Å². The zero-order valence-electron chi connectivity index (χ0n) is 10.6. The zero-order valence-corrected chi connectivity index (χ0v) is 12.2. The molecule has 0 aliphatic carbocycles. The van der Waals surface area contributed by atoms with Crippen LogP contribution in [0.15, 0.2) is 28.7 Å². The highest BCUT2D eigenvalue weighted by molar-refractivity contribution is 9.10. The number of benzene rings is 1. The number of carboxylic acids is 1. The molecule has 0 radical (unpaired) electrons. The number of rotatable bonds is 4. The summed E-state index contributed by atoms with van der Waals surface area (Å²) in [5.74, 6) is -1.65. The van der Waals surface area contributed by atoms with Crippen molar-refractivity contribution in [1.82, 2.24) is 10.6 Å². The van der Waals surface area contributed by atoms with E-state index in [2.05, 4.69) is 26.6 Å². The Morgan fingerprint density at radius 3 is 2.90 bits per heavy atom. The Kier molecular flexibility index (Phi) is 4.97. The van der Waals surface area contributed by atoms with Crippen LogP contribution in [0.25, 0.3) is 0 Å². The molecule has 0 saturated carbocycles. The summed E-state index contributed by atoms with van der Waals surface area (Å²) in [5.41, 5.74) is 0.951. The molecule has 0 spiro atoms. The van der Waals surface area contributed by atoms with Crippen molar-refractivity contribution < 1.29 is 19.4 Å².